The number of ether oxygens (including phenoxy) is 1. The number of amides is 1. The highest BCUT2D eigenvalue weighted by Crippen LogP contribution is 2.58. The Balaban J connectivity index is 1.32. The fourth-order valence-electron chi connectivity index (χ4n) is 6.92. The minimum Gasteiger partial charge on any atom is -0.381 e. The molecule has 4 aliphatic rings. The van der Waals surface area contributed by atoms with Crippen LogP contribution in [0.3, 0.4) is 0 Å². The Bertz CT molecular complexity index is 758. The molecule has 31 heavy (non-hydrogen) atoms. The number of aromatic nitrogens is 1. The summed E-state index contributed by atoms with van der Waals surface area (Å²) in [6, 6.07) is 4.18. The third-order valence-corrected chi connectivity index (χ3v) is 8.72. The standard InChI is InChI=1S/C25H38N4O2/c1-2-29-13-9-25(23(29)30)20-28(18-22-4-3-10-26-16-22)19-24(25)7-11-27(12-8-24)17-21-5-14-31-15-6-21/h3-4,10,16,21H,2,5-9,11-15,17-20H2,1H3. The van der Waals surface area contributed by atoms with Crippen LogP contribution >= 0.6 is 0 Å². The maximum atomic E-state index is 13.7. The highest BCUT2D eigenvalue weighted by molar-refractivity contribution is 5.86. The quantitative estimate of drug-likeness (QED) is 0.725. The highest BCUT2D eigenvalue weighted by Gasteiger charge is 2.64. The van der Waals surface area contributed by atoms with Gasteiger partial charge in [-0.05, 0) is 69.7 Å². The smallest absolute Gasteiger partial charge is 0.230 e. The van der Waals surface area contributed by atoms with E-state index in [9.17, 15) is 4.79 Å². The van der Waals surface area contributed by atoms with Crippen molar-refractivity contribution in [3.05, 3.63) is 30.1 Å². The molecule has 0 aromatic carbocycles. The summed E-state index contributed by atoms with van der Waals surface area (Å²) in [4.78, 5) is 25.3. The fraction of sp³-hybridized carbons (Fsp3) is 0.760. The lowest BCUT2D eigenvalue weighted by molar-refractivity contribution is -0.142. The second-order valence-corrected chi connectivity index (χ2v) is 10.4. The van der Waals surface area contributed by atoms with E-state index >= 15 is 0 Å². The summed E-state index contributed by atoms with van der Waals surface area (Å²) < 4.78 is 5.55. The Morgan fingerprint density at radius 3 is 2.58 bits per heavy atom. The summed E-state index contributed by atoms with van der Waals surface area (Å²) >= 11 is 0. The van der Waals surface area contributed by atoms with Crippen LogP contribution in [0.4, 0.5) is 0 Å². The summed E-state index contributed by atoms with van der Waals surface area (Å²) in [5.41, 5.74) is 1.20. The van der Waals surface area contributed by atoms with Gasteiger partial charge in [-0.2, -0.15) is 0 Å². The van der Waals surface area contributed by atoms with Crippen LogP contribution in [-0.4, -0.2) is 84.6 Å². The highest BCUT2D eigenvalue weighted by atomic mass is 16.5. The van der Waals surface area contributed by atoms with E-state index in [1.165, 1.54) is 24.9 Å². The van der Waals surface area contributed by atoms with E-state index in [1.807, 2.05) is 18.5 Å². The molecule has 5 rings (SSSR count). The molecule has 4 saturated heterocycles. The molecule has 1 aromatic rings. The van der Waals surface area contributed by atoms with Gasteiger partial charge in [-0.1, -0.05) is 6.07 Å². The number of fused-ring (bicyclic) bond motifs is 1. The van der Waals surface area contributed by atoms with Gasteiger partial charge >= 0.3 is 0 Å². The molecule has 0 bridgehead atoms. The van der Waals surface area contributed by atoms with Gasteiger partial charge in [0, 0.05) is 70.3 Å². The Morgan fingerprint density at radius 2 is 1.90 bits per heavy atom. The number of pyridine rings is 1. The van der Waals surface area contributed by atoms with Crippen molar-refractivity contribution in [1.29, 1.82) is 0 Å². The maximum absolute atomic E-state index is 13.7. The van der Waals surface area contributed by atoms with Crippen molar-refractivity contribution in [1.82, 2.24) is 19.7 Å². The largest absolute Gasteiger partial charge is 0.381 e. The van der Waals surface area contributed by atoms with Gasteiger partial charge in [0.25, 0.3) is 0 Å². The van der Waals surface area contributed by atoms with Crippen molar-refractivity contribution in [3.63, 3.8) is 0 Å². The topological polar surface area (TPSA) is 48.9 Å². The Hall–Kier alpha value is -1.50. The van der Waals surface area contributed by atoms with Gasteiger partial charge in [-0.3, -0.25) is 14.7 Å². The lowest BCUT2D eigenvalue weighted by atomic mass is 9.60. The lowest BCUT2D eigenvalue weighted by Gasteiger charge is -2.47. The molecule has 2 spiro atoms. The Kier molecular flexibility index (Phi) is 6.06. The molecule has 0 saturated carbocycles. The van der Waals surface area contributed by atoms with Crippen LogP contribution in [0.1, 0.15) is 44.6 Å². The molecule has 4 fully saturated rings. The molecule has 4 aliphatic heterocycles. The maximum Gasteiger partial charge on any atom is 0.230 e. The molecule has 5 heterocycles. The number of hydrogen-bond donors (Lipinski definition) is 0. The molecule has 170 valence electrons. The predicted molar refractivity (Wildman–Crippen MR) is 120 cm³/mol. The van der Waals surface area contributed by atoms with Crippen LogP contribution < -0.4 is 0 Å². The van der Waals surface area contributed by atoms with Gasteiger partial charge < -0.3 is 14.5 Å². The van der Waals surface area contributed by atoms with Crippen molar-refractivity contribution in [2.24, 2.45) is 16.7 Å². The molecule has 1 atom stereocenters. The zero-order chi connectivity index (χ0) is 21.3. The third kappa shape index (κ3) is 3.91. The molecule has 1 unspecified atom stereocenters. The van der Waals surface area contributed by atoms with Crippen molar-refractivity contribution in [2.45, 2.75) is 45.6 Å². The number of hydrogen-bond acceptors (Lipinski definition) is 5. The van der Waals surface area contributed by atoms with Gasteiger partial charge in [0.15, 0.2) is 0 Å². The monoisotopic (exact) mass is 426 g/mol. The van der Waals surface area contributed by atoms with Crippen LogP contribution in [0.25, 0.3) is 0 Å². The van der Waals surface area contributed by atoms with Crippen LogP contribution in [0, 0.1) is 16.7 Å². The first-order valence-corrected chi connectivity index (χ1v) is 12.3. The van der Waals surface area contributed by atoms with Gasteiger partial charge in [0.2, 0.25) is 5.91 Å². The molecular weight excluding hydrogens is 388 g/mol. The molecule has 0 aliphatic carbocycles. The normalized spacial score (nSPS) is 30.1. The van der Waals surface area contributed by atoms with Gasteiger partial charge in [-0.25, -0.2) is 0 Å². The number of likely N-dealkylation sites (tertiary alicyclic amines) is 3. The summed E-state index contributed by atoms with van der Waals surface area (Å²) in [5, 5.41) is 0. The predicted octanol–water partition coefficient (Wildman–Crippen LogP) is 2.64. The van der Waals surface area contributed by atoms with Crippen molar-refractivity contribution in [3.8, 4) is 0 Å². The molecular formula is C25H38N4O2. The lowest BCUT2D eigenvalue weighted by Crippen LogP contribution is -2.53. The van der Waals surface area contributed by atoms with Crippen molar-refractivity contribution >= 4 is 5.91 Å². The summed E-state index contributed by atoms with van der Waals surface area (Å²) in [6.45, 7) is 12.1. The third-order valence-electron chi connectivity index (χ3n) is 8.72. The fourth-order valence-corrected chi connectivity index (χ4v) is 6.92. The van der Waals surface area contributed by atoms with Crippen LogP contribution in [0.15, 0.2) is 24.5 Å². The molecule has 0 N–H and O–H groups in total. The molecule has 0 radical (unpaired) electrons. The number of rotatable bonds is 5. The first kappa shape index (κ1) is 21.4. The average molecular weight is 427 g/mol. The van der Waals surface area contributed by atoms with E-state index in [2.05, 4.69) is 32.7 Å². The van der Waals surface area contributed by atoms with Gasteiger partial charge in [-0.15, -0.1) is 0 Å². The summed E-state index contributed by atoms with van der Waals surface area (Å²) in [7, 11) is 0. The Morgan fingerprint density at radius 1 is 1.10 bits per heavy atom. The second kappa shape index (κ2) is 8.80. The summed E-state index contributed by atoms with van der Waals surface area (Å²) in [5.74, 6) is 1.22. The summed E-state index contributed by atoms with van der Waals surface area (Å²) in [6.07, 6.45) is 9.56. The van der Waals surface area contributed by atoms with E-state index in [-0.39, 0.29) is 10.8 Å². The van der Waals surface area contributed by atoms with Crippen LogP contribution in [0.2, 0.25) is 0 Å². The zero-order valence-corrected chi connectivity index (χ0v) is 19.1. The SMILES string of the molecule is CCN1CCC2(CN(Cc3cccnc3)CC23CCN(CC2CCOCC2)CC3)C1=O. The number of carbonyl (C=O) groups excluding carboxylic acids is 1. The first-order valence-electron chi connectivity index (χ1n) is 12.3. The van der Waals surface area contributed by atoms with E-state index in [1.54, 1.807) is 0 Å². The Labute approximate surface area is 186 Å². The van der Waals surface area contributed by atoms with E-state index < -0.39 is 0 Å². The van der Waals surface area contributed by atoms with Crippen molar-refractivity contribution < 1.29 is 9.53 Å². The van der Waals surface area contributed by atoms with E-state index in [0.717, 1.165) is 84.2 Å². The molecule has 6 heteroatoms. The van der Waals surface area contributed by atoms with Crippen LogP contribution in [-0.2, 0) is 16.1 Å². The zero-order valence-electron chi connectivity index (χ0n) is 19.1. The minimum absolute atomic E-state index is 0.127. The molecule has 1 amide bonds. The number of piperidine rings is 1. The molecule has 6 nitrogen and oxygen atoms in total. The van der Waals surface area contributed by atoms with E-state index in [4.69, 9.17) is 4.74 Å². The second-order valence-electron chi connectivity index (χ2n) is 10.4. The first-order chi connectivity index (χ1) is 15.1. The van der Waals surface area contributed by atoms with Gasteiger partial charge in [0.05, 0.1) is 5.41 Å². The minimum atomic E-state index is -0.185. The van der Waals surface area contributed by atoms with E-state index in [0.29, 0.717) is 5.91 Å². The van der Waals surface area contributed by atoms with Crippen molar-refractivity contribution in [2.75, 3.05) is 59.0 Å². The number of nitrogens with zero attached hydrogens (tertiary/aromatic N) is 4. The average Bonchev–Trinajstić information content (AvgIpc) is 3.28. The molecule has 1 aromatic heterocycles. The van der Waals surface area contributed by atoms with Gasteiger partial charge in [0.1, 0.15) is 0 Å². The van der Waals surface area contributed by atoms with Crippen LogP contribution in [0.5, 0.6) is 0 Å². The number of carbonyl (C=O) groups is 1.